The van der Waals surface area contributed by atoms with Crippen LogP contribution in [0.15, 0.2) is 30.3 Å². The zero-order valence-corrected chi connectivity index (χ0v) is 11.3. The van der Waals surface area contributed by atoms with E-state index in [4.69, 9.17) is 10.5 Å². The molecule has 0 aromatic heterocycles. The van der Waals surface area contributed by atoms with Crippen molar-refractivity contribution >= 4 is 11.8 Å². The molecule has 2 nitrogen and oxygen atoms in total. The van der Waals surface area contributed by atoms with Gasteiger partial charge in [0.2, 0.25) is 0 Å². The molecule has 0 spiro atoms. The highest BCUT2D eigenvalue weighted by molar-refractivity contribution is 8.00. The molecule has 17 heavy (non-hydrogen) atoms. The summed E-state index contributed by atoms with van der Waals surface area (Å²) in [5, 5.41) is 0.941. The minimum Gasteiger partial charge on any atom is -0.377 e. The number of ether oxygens (including phenoxy) is 1. The molecule has 0 amide bonds. The summed E-state index contributed by atoms with van der Waals surface area (Å²) in [5.41, 5.74) is 7.46. The van der Waals surface area contributed by atoms with Gasteiger partial charge in [0, 0.05) is 23.1 Å². The molecule has 1 aliphatic heterocycles. The summed E-state index contributed by atoms with van der Waals surface area (Å²) in [6.07, 6.45) is 1.49. The highest BCUT2D eigenvalue weighted by atomic mass is 32.2. The third-order valence-electron chi connectivity index (χ3n) is 3.23. The van der Waals surface area contributed by atoms with Gasteiger partial charge in [0.25, 0.3) is 0 Å². The molecule has 1 aliphatic rings. The van der Waals surface area contributed by atoms with E-state index >= 15 is 0 Å². The molecule has 2 N–H and O–H groups in total. The average Bonchev–Trinajstić information content (AvgIpc) is 2.72. The number of benzene rings is 1. The number of nitrogens with two attached hydrogens (primary N) is 1. The predicted octanol–water partition coefficient (Wildman–Crippen LogP) is 2.99. The van der Waals surface area contributed by atoms with Gasteiger partial charge in [0.1, 0.15) is 0 Å². The van der Waals surface area contributed by atoms with E-state index in [1.165, 1.54) is 5.56 Å². The predicted molar refractivity (Wildman–Crippen MR) is 74.2 cm³/mol. The van der Waals surface area contributed by atoms with Crippen molar-refractivity contribution in [1.82, 2.24) is 0 Å². The lowest BCUT2D eigenvalue weighted by Crippen LogP contribution is -2.26. The Morgan fingerprint density at radius 3 is 2.59 bits per heavy atom. The van der Waals surface area contributed by atoms with Crippen LogP contribution in [0, 0.1) is 0 Å². The van der Waals surface area contributed by atoms with E-state index in [1.807, 2.05) is 17.8 Å². The van der Waals surface area contributed by atoms with E-state index in [9.17, 15) is 0 Å². The van der Waals surface area contributed by atoms with Crippen LogP contribution >= 0.6 is 11.8 Å². The number of hydrogen-bond donors (Lipinski definition) is 1. The first kappa shape index (κ1) is 12.9. The minimum absolute atomic E-state index is 0.162. The van der Waals surface area contributed by atoms with Crippen LogP contribution in [0.25, 0.3) is 0 Å². The molecule has 94 valence electrons. The van der Waals surface area contributed by atoms with Crippen molar-refractivity contribution < 1.29 is 4.74 Å². The molecule has 0 aliphatic carbocycles. The van der Waals surface area contributed by atoms with Gasteiger partial charge in [-0.25, -0.2) is 0 Å². The van der Waals surface area contributed by atoms with Gasteiger partial charge in [-0.1, -0.05) is 30.3 Å². The van der Waals surface area contributed by atoms with Gasteiger partial charge in [-0.15, -0.1) is 11.8 Å². The molecule has 1 heterocycles. The zero-order chi connectivity index (χ0) is 12.3. The second-order valence-corrected chi connectivity index (χ2v) is 6.12. The first-order valence-electron chi connectivity index (χ1n) is 6.26. The Morgan fingerprint density at radius 1 is 1.35 bits per heavy atom. The highest BCUT2D eigenvalue weighted by Gasteiger charge is 2.29. The van der Waals surface area contributed by atoms with Crippen LogP contribution in [-0.2, 0) is 4.74 Å². The van der Waals surface area contributed by atoms with Gasteiger partial charge < -0.3 is 10.5 Å². The molecule has 2 rings (SSSR count). The Labute approximate surface area is 108 Å². The van der Waals surface area contributed by atoms with E-state index in [2.05, 4.69) is 38.1 Å². The molecule has 0 saturated carbocycles. The van der Waals surface area contributed by atoms with Gasteiger partial charge in [-0.3, -0.25) is 0 Å². The Hall–Kier alpha value is -0.510. The normalized spacial score (nSPS) is 27.9. The summed E-state index contributed by atoms with van der Waals surface area (Å²) in [6.45, 7) is 5.14. The highest BCUT2D eigenvalue weighted by Crippen LogP contribution is 2.39. The van der Waals surface area contributed by atoms with Crippen LogP contribution in [0.3, 0.4) is 0 Å². The van der Waals surface area contributed by atoms with Gasteiger partial charge in [0.05, 0.1) is 6.10 Å². The molecule has 1 saturated heterocycles. The van der Waals surface area contributed by atoms with E-state index in [-0.39, 0.29) is 6.04 Å². The standard InChI is InChI=1S/C14H21NOS/c1-10(15)14(12-6-4-3-5-7-12)17-13-8-9-16-11(13)2/h3-7,10-11,13-14H,8-9,15H2,1-2H3. The maximum Gasteiger partial charge on any atom is 0.0666 e. The van der Waals surface area contributed by atoms with E-state index < -0.39 is 0 Å². The van der Waals surface area contributed by atoms with Gasteiger partial charge in [-0.2, -0.15) is 0 Å². The molecule has 4 atom stereocenters. The third kappa shape index (κ3) is 3.24. The summed E-state index contributed by atoms with van der Waals surface area (Å²) in [6, 6.07) is 10.7. The van der Waals surface area contributed by atoms with E-state index in [1.54, 1.807) is 0 Å². The first-order chi connectivity index (χ1) is 8.18. The smallest absolute Gasteiger partial charge is 0.0666 e. The summed E-state index contributed by atoms with van der Waals surface area (Å²) in [7, 11) is 0. The van der Waals surface area contributed by atoms with Crippen LogP contribution in [-0.4, -0.2) is 24.0 Å². The van der Waals surface area contributed by atoms with E-state index in [0.717, 1.165) is 13.0 Å². The molecule has 0 bridgehead atoms. The van der Waals surface area contributed by atoms with Crippen LogP contribution in [0.2, 0.25) is 0 Å². The van der Waals surface area contributed by atoms with Crippen LogP contribution in [0.5, 0.6) is 0 Å². The Bertz CT molecular complexity index is 341. The maximum atomic E-state index is 6.13. The SMILES string of the molecule is CC(N)C(SC1CCOC1C)c1ccccc1. The summed E-state index contributed by atoms with van der Waals surface area (Å²) < 4.78 is 5.62. The molecular formula is C14H21NOS. The van der Waals surface area contributed by atoms with Gasteiger partial charge in [0.15, 0.2) is 0 Å². The third-order valence-corrected chi connectivity index (χ3v) is 5.20. The fraction of sp³-hybridized carbons (Fsp3) is 0.571. The number of hydrogen-bond acceptors (Lipinski definition) is 3. The number of thioether (sulfide) groups is 1. The monoisotopic (exact) mass is 251 g/mol. The Morgan fingerprint density at radius 2 is 2.06 bits per heavy atom. The van der Waals surface area contributed by atoms with E-state index in [0.29, 0.717) is 16.6 Å². The maximum absolute atomic E-state index is 6.13. The van der Waals surface area contributed by atoms with Crippen molar-refractivity contribution in [3.05, 3.63) is 35.9 Å². The molecule has 0 radical (unpaired) electrons. The summed E-state index contributed by atoms with van der Waals surface area (Å²) in [5.74, 6) is 0. The fourth-order valence-electron chi connectivity index (χ4n) is 2.23. The molecule has 3 heteroatoms. The lowest BCUT2D eigenvalue weighted by molar-refractivity contribution is 0.127. The lowest BCUT2D eigenvalue weighted by Gasteiger charge is -2.25. The first-order valence-corrected chi connectivity index (χ1v) is 7.20. The van der Waals surface area contributed by atoms with Crippen molar-refractivity contribution in [2.24, 2.45) is 5.73 Å². The minimum atomic E-state index is 0.162. The van der Waals surface area contributed by atoms with Crippen LogP contribution in [0.1, 0.15) is 31.1 Å². The second-order valence-electron chi connectivity index (χ2n) is 4.73. The molecular weight excluding hydrogens is 230 g/mol. The number of rotatable bonds is 4. The van der Waals surface area contributed by atoms with Crippen molar-refractivity contribution in [2.45, 2.75) is 42.9 Å². The lowest BCUT2D eigenvalue weighted by atomic mass is 10.1. The summed E-state index contributed by atoms with van der Waals surface area (Å²) in [4.78, 5) is 0. The fourth-order valence-corrected chi connectivity index (χ4v) is 3.70. The zero-order valence-electron chi connectivity index (χ0n) is 10.5. The average molecular weight is 251 g/mol. The quantitative estimate of drug-likeness (QED) is 0.893. The van der Waals surface area contributed by atoms with Crippen LogP contribution in [0.4, 0.5) is 0 Å². The Balaban J connectivity index is 2.08. The van der Waals surface area contributed by atoms with Crippen molar-refractivity contribution in [3.8, 4) is 0 Å². The summed E-state index contributed by atoms with van der Waals surface area (Å²) >= 11 is 1.97. The largest absolute Gasteiger partial charge is 0.377 e. The molecule has 4 unspecified atom stereocenters. The topological polar surface area (TPSA) is 35.2 Å². The molecule has 1 fully saturated rings. The van der Waals surface area contributed by atoms with Crippen molar-refractivity contribution in [2.75, 3.05) is 6.61 Å². The second kappa shape index (κ2) is 5.89. The van der Waals surface area contributed by atoms with Gasteiger partial charge >= 0.3 is 0 Å². The van der Waals surface area contributed by atoms with Crippen LogP contribution < -0.4 is 5.73 Å². The molecule has 1 aromatic rings. The van der Waals surface area contributed by atoms with Crippen molar-refractivity contribution in [1.29, 1.82) is 0 Å². The molecule has 1 aromatic carbocycles. The van der Waals surface area contributed by atoms with Gasteiger partial charge in [-0.05, 0) is 25.8 Å². The van der Waals surface area contributed by atoms with Crippen molar-refractivity contribution in [3.63, 3.8) is 0 Å². The Kier molecular flexibility index (Phi) is 4.48.